The Bertz CT molecular complexity index is 1110. The van der Waals surface area contributed by atoms with E-state index in [9.17, 15) is 14.7 Å². The molecule has 0 radical (unpaired) electrons. The summed E-state index contributed by atoms with van der Waals surface area (Å²) in [6.45, 7) is 5.68. The second-order valence-corrected chi connectivity index (χ2v) is 9.90. The first kappa shape index (κ1) is 24.2. The average Bonchev–Trinajstić information content (AvgIpc) is 2.99. The first-order valence-electron chi connectivity index (χ1n) is 11.1. The smallest absolute Gasteiger partial charge is 0.476 e. The summed E-state index contributed by atoms with van der Waals surface area (Å²) >= 11 is 0. The van der Waals surface area contributed by atoms with Crippen molar-refractivity contribution in [3.05, 3.63) is 71.7 Å². The first-order valence-corrected chi connectivity index (χ1v) is 12.6. The summed E-state index contributed by atoms with van der Waals surface area (Å²) in [4.78, 5) is 30.2. The second-order valence-electron chi connectivity index (χ2n) is 7.51. The van der Waals surface area contributed by atoms with E-state index < -0.39 is 31.0 Å². The fourth-order valence-corrected chi connectivity index (χ4v) is 7.11. The van der Waals surface area contributed by atoms with Crippen molar-refractivity contribution in [1.29, 1.82) is 0 Å². The lowest BCUT2D eigenvalue weighted by atomic mass is 10.2. The summed E-state index contributed by atoms with van der Waals surface area (Å²) in [5, 5.41) is 9.40. The van der Waals surface area contributed by atoms with E-state index in [4.69, 9.17) is 18.3 Å². The van der Waals surface area contributed by atoms with Crippen LogP contribution in [0.3, 0.4) is 0 Å². The minimum absolute atomic E-state index is 0.0914. The van der Waals surface area contributed by atoms with Gasteiger partial charge < -0.3 is 14.7 Å². The van der Waals surface area contributed by atoms with Crippen molar-refractivity contribution in [2.45, 2.75) is 26.1 Å². The second kappa shape index (κ2) is 9.35. The number of hydrogen-bond acceptors (Lipinski definition) is 7. The summed E-state index contributed by atoms with van der Waals surface area (Å²) < 4.78 is 24.8. The van der Waals surface area contributed by atoms with E-state index in [-0.39, 0.29) is 36.8 Å². The molecule has 0 bridgehead atoms. The highest BCUT2D eigenvalue weighted by Gasteiger charge is 2.82. The Balaban J connectivity index is 2.08. The predicted molar refractivity (Wildman–Crippen MR) is 127 cm³/mol. The van der Waals surface area contributed by atoms with Gasteiger partial charge in [-0.05, 0) is 45.0 Å². The lowest BCUT2D eigenvalue weighted by Gasteiger charge is -2.35. The van der Waals surface area contributed by atoms with Crippen molar-refractivity contribution in [3.8, 4) is 5.75 Å². The van der Waals surface area contributed by atoms with Crippen LogP contribution in [0.15, 0.2) is 66.2 Å². The molecule has 2 amide bonds. The fourth-order valence-electron chi connectivity index (χ4n) is 4.26. The molecule has 0 saturated heterocycles. The van der Waals surface area contributed by atoms with Crippen molar-refractivity contribution < 1.29 is 33.0 Å². The maximum Gasteiger partial charge on any atom is 0.476 e. The van der Waals surface area contributed by atoms with Gasteiger partial charge in [-0.15, -0.1) is 0 Å². The topological polar surface area (TPSA) is 97.8 Å². The van der Waals surface area contributed by atoms with Gasteiger partial charge in [0.2, 0.25) is 5.88 Å². The van der Waals surface area contributed by atoms with Gasteiger partial charge in [0.25, 0.3) is 5.91 Å². The van der Waals surface area contributed by atoms with Crippen molar-refractivity contribution in [2.24, 2.45) is 0 Å². The predicted octanol–water partition coefficient (Wildman–Crippen LogP) is 4.49. The van der Waals surface area contributed by atoms with Gasteiger partial charge in [-0.2, -0.15) is 13.6 Å². The van der Waals surface area contributed by atoms with Gasteiger partial charge in [-0.25, -0.2) is 4.90 Å². The Morgan fingerprint density at radius 1 is 0.912 bits per heavy atom. The van der Waals surface area contributed by atoms with Crippen LogP contribution in [0.5, 0.6) is 5.75 Å². The van der Waals surface area contributed by atoms with E-state index in [0.29, 0.717) is 5.69 Å². The third-order valence-electron chi connectivity index (χ3n) is 5.55. The number of carbonyl (C=O) groups excluding carboxylic acids is 2. The number of nitrogens with zero attached hydrogens (tertiary/aromatic N) is 2. The van der Waals surface area contributed by atoms with Crippen LogP contribution >= 0.6 is 7.94 Å². The first-order chi connectivity index (χ1) is 16.4. The van der Waals surface area contributed by atoms with Gasteiger partial charge in [0.15, 0.2) is 5.70 Å². The number of rotatable bonds is 8. The Morgan fingerprint density at radius 2 is 1.47 bits per heavy atom. The number of aliphatic hydroxyl groups excluding tert-OH is 1. The highest BCUT2D eigenvalue weighted by Crippen LogP contribution is 2.76. The molecule has 10 heteroatoms. The number of likely N-dealkylation sites (N-methyl/N-ethyl adjacent to an activating group) is 1. The molecule has 34 heavy (non-hydrogen) atoms. The molecule has 1 unspecified atom stereocenters. The fraction of sp³-hybridized carbons (Fsp3) is 0.333. The standard InChI is InChI=1S/C24H27N2O7P/c1-5-30-34(31-6-2,32-7-3)24-20(22(28)26(23(24)29)17-13-9-8-10-14-17)25(4)21(27)18-15-11-12-16-19(18)33-24/h8-16H,5-7H2,1-4H3/p+1. The number of ether oxygens (including phenoxy) is 1. The van der Waals surface area contributed by atoms with Gasteiger partial charge in [0.1, 0.15) is 5.75 Å². The number of para-hydroxylation sites is 2. The van der Waals surface area contributed by atoms with Gasteiger partial charge >= 0.3 is 19.2 Å². The third-order valence-corrected chi connectivity index (χ3v) is 8.61. The Labute approximate surface area is 199 Å². The maximum absolute atomic E-state index is 14.4. The summed E-state index contributed by atoms with van der Waals surface area (Å²) in [7, 11) is -2.24. The molecule has 0 saturated carbocycles. The van der Waals surface area contributed by atoms with E-state index in [0.717, 1.165) is 4.90 Å². The molecule has 1 N–H and O–H groups in total. The van der Waals surface area contributed by atoms with Crippen LogP contribution in [0, 0.1) is 0 Å². The van der Waals surface area contributed by atoms with Crippen molar-refractivity contribution >= 4 is 25.4 Å². The van der Waals surface area contributed by atoms with Gasteiger partial charge in [0.05, 0.1) is 31.1 Å². The maximum atomic E-state index is 14.4. The number of benzene rings is 2. The van der Waals surface area contributed by atoms with E-state index >= 15 is 0 Å². The van der Waals surface area contributed by atoms with Gasteiger partial charge in [-0.1, -0.05) is 30.3 Å². The Hall–Kier alpha value is -2.97. The van der Waals surface area contributed by atoms with Gasteiger partial charge in [-0.3, -0.25) is 9.59 Å². The number of carbonyl (C=O) groups is 2. The SMILES string of the molecule is CCO[P+](OCC)(OCC)C12Oc3ccccc3C(=O)N(C)C1=C(O)N(c1ccccc1)C2=O. The van der Waals surface area contributed by atoms with Crippen LogP contribution in [-0.2, 0) is 18.4 Å². The summed E-state index contributed by atoms with van der Waals surface area (Å²) in [5.74, 6) is -1.42. The molecule has 0 aromatic heterocycles. The molecule has 2 heterocycles. The highest BCUT2D eigenvalue weighted by atomic mass is 31.2. The summed E-state index contributed by atoms with van der Waals surface area (Å²) in [5.41, 5.74) is 0.539. The Morgan fingerprint density at radius 3 is 2.06 bits per heavy atom. The zero-order valence-corrected chi connectivity index (χ0v) is 20.5. The molecule has 2 aromatic carbocycles. The molecule has 1 atom stereocenters. The van der Waals surface area contributed by atoms with Crippen molar-refractivity contribution in [1.82, 2.24) is 4.90 Å². The molecule has 0 aliphatic carbocycles. The van der Waals surface area contributed by atoms with Crippen LogP contribution < -0.4 is 9.64 Å². The normalized spacial score (nSPS) is 20.2. The zero-order valence-electron chi connectivity index (χ0n) is 19.6. The van der Waals surface area contributed by atoms with Crippen molar-refractivity contribution in [3.63, 3.8) is 0 Å². The van der Waals surface area contributed by atoms with E-state index in [1.165, 1.54) is 11.9 Å². The molecule has 180 valence electrons. The molecule has 4 rings (SSSR count). The van der Waals surface area contributed by atoms with E-state index in [1.54, 1.807) is 75.4 Å². The highest BCUT2D eigenvalue weighted by molar-refractivity contribution is 7.64. The van der Waals surface area contributed by atoms with Crippen molar-refractivity contribution in [2.75, 3.05) is 31.8 Å². The van der Waals surface area contributed by atoms with Crippen LogP contribution in [-0.4, -0.2) is 54.0 Å². The van der Waals surface area contributed by atoms with E-state index in [2.05, 4.69) is 0 Å². The minimum Gasteiger partial charge on any atom is -0.493 e. The number of hydrogen-bond donors (Lipinski definition) is 1. The van der Waals surface area contributed by atoms with Gasteiger partial charge in [0, 0.05) is 7.05 Å². The quantitative estimate of drug-likeness (QED) is 0.548. The minimum atomic E-state index is -3.72. The molecule has 2 aliphatic rings. The van der Waals surface area contributed by atoms with Crippen LogP contribution in [0.25, 0.3) is 0 Å². The van der Waals surface area contributed by atoms with E-state index in [1.807, 2.05) is 0 Å². The molecular formula is C24H28N2O7P+. The largest absolute Gasteiger partial charge is 0.493 e. The number of fused-ring (bicyclic) bond motifs is 2. The summed E-state index contributed by atoms with van der Waals surface area (Å²) in [6.07, 6.45) is 0. The molecule has 0 fully saturated rings. The Kier molecular flexibility index (Phi) is 6.64. The third kappa shape index (κ3) is 3.39. The lowest BCUT2D eigenvalue weighted by Crippen LogP contribution is -2.53. The zero-order chi connectivity index (χ0) is 24.5. The molecule has 9 nitrogen and oxygen atoms in total. The summed E-state index contributed by atoms with van der Waals surface area (Å²) in [6, 6.07) is 15.2. The van der Waals surface area contributed by atoms with Crippen LogP contribution in [0.4, 0.5) is 5.69 Å². The number of aliphatic hydroxyl groups is 1. The molecule has 2 aliphatic heterocycles. The number of amides is 2. The molecule has 0 spiro atoms. The van der Waals surface area contributed by atoms with Crippen LogP contribution in [0.2, 0.25) is 0 Å². The number of anilines is 1. The lowest BCUT2D eigenvalue weighted by molar-refractivity contribution is -0.126. The molecule has 2 aromatic rings. The molecular weight excluding hydrogens is 459 g/mol. The monoisotopic (exact) mass is 487 g/mol. The average molecular weight is 487 g/mol. The van der Waals surface area contributed by atoms with Crippen LogP contribution in [0.1, 0.15) is 31.1 Å².